The van der Waals surface area contributed by atoms with Gasteiger partial charge in [-0.05, 0) is 96.4 Å². The van der Waals surface area contributed by atoms with Crippen molar-refractivity contribution in [1.82, 2.24) is 14.8 Å². The number of pyridine rings is 1. The summed E-state index contributed by atoms with van der Waals surface area (Å²) in [5.41, 5.74) is 4.83. The Morgan fingerprint density at radius 3 is 2.49 bits per heavy atom. The van der Waals surface area contributed by atoms with E-state index < -0.39 is 23.9 Å². The van der Waals surface area contributed by atoms with Crippen molar-refractivity contribution in [2.24, 2.45) is 17.8 Å². The lowest BCUT2D eigenvalue weighted by molar-refractivity contribution is -0.144. The number of carbonyl (C=O) groups excluding carboxylic acids is 2. The topological polar surface area (TPSA) is 123 Å². The fourth-order valence-electron chi connectivity index (χ4n) is 7.92. The van der Waals surface area contributed by atoms with Crippen molar-refractivity contribution in [1.29, 1.82) is 0 Å². The number of ether oxygens (including phenoxy) is 1. The van der Waals surface area contributed by atoms with Crippen LogP contribution in [0.3, 0.4) is 0 Å². The third-order valence-corrected chi connectivity index (χ3v) is 10.6. The van der Waals surface area contributed by atoms with Crippen LogP contribution in [-0.2, 0) is 20.9 Å². The van der Waals surface area contributed by atoms with E-state index >= 15 is 0 Å². The molecule has 2 saturated heterocycles. The number of aromatic hydroxyl groups is 1. The average Bonchev–Trinajstić information content (AvgIpc) is 3.36. The normalized spacial score (nSPS) is 22.9. The van der Waals surface area contributed by atoms with E-state index in [0.717, 1.165) is 36.5 Å². The second kappa shape index (κ2) is 15.8. The number of aliphatic hydroxyl groups excluding tert-OH is 2. The SMILES string of the molecule is COCC1=C([C@H](O)CC/C(=C/c2ccc(O)cc2Cl)c2ccccn2)[C@H](CO)[C@@H]2C(=O)N(C3CCN(Cc4ccccc4)CC3)C(=O)[C@@H]2C1. The molecule has 0 saturated carbocycles. The number of likely N-dealkylation sites (tertiary alicyclic amines) is 2. The summed E-state index contributed by atoms with van der Waals surface area (Å²) in [6.07, 6.45) is 4.99. The fraction of sp³-hybridized carbons (Fsp3) is 0.410. The van der Waals surface area contributed by atoms with E-state index in [-0.39, 0.29) is 43.2 Å². The molecule has 10 heteroatoms. The number of nitrogens with zero attached hydrogens (tertiary/aromatic N) is 3. The van der Waals surface area contributed by atoms with Crippen molar-refractivity contribution < 1.29 is 29.6 Å². The molecule has 1 aliphatic carbocycles. The highest BCUT2D eigenvalue weighted by Crippen LogP contribution is 2.47. The number of phenols is 1. The van der Waals surface area contributed by atoms with Crippen molar-refractivity contribution in [3.05, 3.63) is 106 Å². The van der Waals surface area contributed by atoms with Crippen molar-refractivity contribution in [3.63, 3.8) is 0 Å². The second-order valence-electron chi connectivity index (χ2n) is 13.3. The number of amides is 2. The predicted octanol–water partition coefficient (Wildman–Crippen LogP) is 5.34. The highest BCUT2D eigenvalue weighted by molar-refractivity contribution is 6.32. The minimum Gasteiger partial charge on any atom is -0.508 e. The van der Waals surface area contributed by atoms with E-state index in [0.29, 0.717) is 41.8 Å². The molecule has 2 fully saturated rings. The Morgan fingerprint density at radius 2 is 1.82 bits per heavy atom. The number of benzene rings is 2. The molecule has 3 heterocycles. The summed E-state index contributed by atoms with van der Waals surface area (Å²) in [4.78, 5) is 36.4. The van der Waals surface area contributed by atoms with Gasteiger partial charge in [-0.2, -0.15) is 0 Å². The summed E-state index contributed by atoms with van der Waals surface area (Å²) < 4.78 is 5.54. The van der Waals surface area contributed by atoms with Gasteiger partial charge in [-0.3, -0.25) is 24.4 Å². The van der Waals surface area contributed by atoms with E-state index in [1.54, 1.807) is 25.4 Å². The third kappa shape index (κ3) is 7.66. The van der Waals surface area contributed by atoms with Gasteiger partial charge >= 0.3 is 0 Å². The number of aromatic nitrogens is 1. The number of phenolic OH excluding ortho intramolecular Hbond substituents is 1. The van der Waals surface area contributed by atoms with Crippen LogP contribution < -0.4 is 0 Å². The smallest absolute Gasteiger partial charge is 0.234 e. The fourth-order valence-corrected chi connectivity index (χ4v) is 8.15. The summed E-state index contributed by atoms with van der Waals surface area (Å²) in [5.74, 6) is -2.38. The van der Waals surface area contributed by atoms with Crippen molar-refractivity contribution >= 4 is 35.1 Å². The van der Waals surface area contributed by atoms with Crippen LogP contribution in [0.1, 0.15) is 48.9 Å². The maximum atomic E-state index is 14.1. The van der Waals surface area contributed by atoms with E-state index in [1.807, 2.05) is 42.5 Å². The number of allylic oxidation sites excluding steroid dienone is 1. The highest BCUT2D eigenvalue weighted by Gasteiger charge is 2.56. The molecule has 4 atom stereocenters. The standard InChI is InChI=1S/C39H44ClN3O6/c1-49-24-28-20-31-37(39(48)43(38(31)47)29-14-17-42(18-15-29)22-25-7-3-2-4-8-25)32(23-44)36(28)35(46)13-11-27(34-9-5-6-16-41-34)19-26-10-12-30(45)21-33(26)40/h2-10,12,16,19,21,29,31-32,35,37,44-46H,11,13-15,17-18,20,22-24H2,1H3/b27-19-/t31-,32+,35-,37-/m1/s1. The molecule has 49 heavy (non-hydrogen) atoms. The van der Waals surface area contributed by atoms with Gasteiger partial charge in [0.2, 0.25) is 11.8 Å². The predicted molar refractivity (Wildman–Crippen MR) is 188 cm³/mol. The van der Waals surface area contributed by atoms with Crippen LogP contribution in [0.2, 0.25) is 5.02 Å². The van der Waals surface area contributed by atoms with E-state index in [1.165, 1.54) is 16.5 Å². The summed E-state index contributed by atoms with van der Waals surface area (Å²) in [7, 11) is 1.57. The van der Waals surface area contributed by atoms with Crippen LogP contribution >= 0.6 is 11.6 Å². The zero-order valence-corrected chi connectivity index (χ0v) is 28.5. The zero-order valence-electron chi connectivity index (χ0n) is 27.7. The van der Waals surface area contributed by atoms with Crippen molar-refractivity contribution in [2.45, 2.75) is 50.8 Å². The minimum absolute atomic E-state index is 0.0623. The average molecular weight is 686 g/mol. The number of imide groups is 1. The van der Waals surface area contributed by atoms with Crippen LogP contribution in [0.4, 0.5) is 0 Å². The first-order chi connectivity index (χ1) is 23.8. The molecule has 2 aromatic carbocycles. The quantitative estimate of drug-likeness (QED) is 0.173. The second-order valence-corrected chi connectivity index (χ2v) is 13.7. The maximum absolute atomic E-state index is 14.1. The molecule has 2 aliphatic heterocycles. The van der Waals surface area contributed by atoms with Crippen molar-refractivity contribution in [2.75, 3.05) is 33.4 Å². The van der Waals surface area contributed by atoms with E-state index in [4.69, 9.17) is 16.3 Å². The Morgan fingerprint density at radius 1 is 1.06 bits per heavy atom. The number of rotatable bonds is 12. The molecule has 9 nitrogen and oxygen atoms in total. The van der Waals surface area contributed by atoms with Gasteiger partial charge in [-0.15, -0.1) is 0 Å². The number of fused-ring (bicyclic) bond motifs is 1. The Balaban J connectivity index is 1.20. The summed E-state index contributed by atoms with van der Waals surface area (Å²) >= 11 is 6.43. The number of carbonyl (C=O) groups is 2. The molecule has 1 aromatic heterocycles. The van der Waals surface area contributed by atoms with Crippen LogP contribution in [0.5, 0.6) is 5.75 Å². The lowest BCUT2D eigenvalue weighted by Gasteiger charge is -2.37. The van der Waals surface area contributed by atoms with Gasteiger partial charge in [-0.1, -0.05) is 48.0 Å². The number of aliphatic hydroxyl groups is 2. The van der Waals surface area contributed by atoms with Gasteiger partial charge < -0.3 is 20.1 Å². The molecule has 6 rings (SSSR count). The summed E-state index contributed by atoms with van der Waals surface area (Å²) in [5, 5.41) is 32.8. The van der Waals surface area contributed by atoms with Crippen molar-refractivity contribution in [3.8, 4) is 5.75 Å². The van der Waals surface area contributed by atoms with Gasteiger partial charge in [0.25, 0.3) is 0 Å². The van der Waals surface area contributed by atoms with E-state index in [2.05, 4.69) is 22.0 Å². The number of halogens is 1. The summed E-state index contributed by atoms with van der Waals surface area (Å²) in [6.45, 7) is 2.23. The molecular weight excluding hydrogens is 642 g/mol. The Kier molecular flexibility index (Phi) is 11.3. The number of hydrogen-bond acceptors (Lipinski definition) is 8. The van der Waals surface area contributed by atoms with Crippen LogP contribution in [-0.4, -0.2) is 87.5 Å². The first-order valence-electron chi connectivity index (χ1n) is 17.0. The number of hydrogen-bond donors (Lipinski definition) is 3. The van der Waals surface area contributed by atoms with Gasteiger partial charge in [0.15, 0.2) is 0 Å². The molecule has 0 spiro atoms. The van der Waals surface area contributed by atoms with Gasteiger partial charge in [0, 0.05) is 44.9 Å². The Labute approximate surface area is 292 Å². The van der Waals surface area contributed by atoms with Crippen LogP contribution in [0, 0.1) is 17.8 Å². The van der Waals surface area contributed by atoms with Gasteiger partial charge in [0.1, 0.15) is 5.75 Å². The van der Waals surface area contributed by atoms with E-state index in [9.17, 15) is 24.9 Å². The van der Waals surface area contributed by atoms with Crippen LogP contribution in [0.25, 0.3) is 11.6 Å². The van der Waals surface area contributed by atoms with Gasteiger partial charge in [0.05, 0.1) is 41.9 Å². The largest absolute Gasteiger partial charge is 0.508 e. The molecule has 3 N–H and O–H groups in total. The third-order valence-electron chi connectivity index (χ3n) is 10.3. The highest BCUT2D eigenvalue weighted by atomic mass is 35.5. The molecule has 0 unspecified atom stereocenters. The zero-order chi connectivity index (χ0) is 34.5. The van der Waals surface area contributed by atoms with Crippen LogP contribution in [0.15, 0.2) is 84.1 Å². The molecule has 3 aliphatic rings. The first kappa shape index (κ1) is 35.0. The summed E-state index contributed by atoms with van der Waals surface area (Å²) in [6, 6.07) is 20.4. The minimum atomic E-state index is -0.996. The molecule has 3 aromatic rings. The maximum Gasteiger partial charge on any atom is 0.234 e. The monoisotopic (exact) mass is 685 g/mol. The first-order valence-corrected chi connectivity index (χ1v) is 17.4. The number of piperidine rings is 1. The lowest BCUT2D eigenvalue weighted by atomic mass is 9.68. The van der Waals surface area contributed by atoms with Gasteiger partial charge in [-0.25, -0.2) is 0 Å². The Bertz CT molecular complexity index is 1690. The number of methoxy groups -OCH3 is 1. The molecular formula is C39H44ClN3O6. The Hall–Kier alpha value is -3.86. The molecule has 258 valence electrons. The molecule has 2 amide bonds. The molecule has 0 bridgehead atoms. The lowest BCUT2D eigenvalue weighted by Crippen LogP contribution is -2.47. The molecule has 0 radical (unpaired) electrons.